The lowest BCUT2D eigenvalue weighted by Gasteiger charge is -2.29. The molecule has 0 spiro atoms. The van der Waals surface area contributed by atoms with Crippen molar-refractivity contribution in [3.05, 3.63) is 63.3 Å². The van der Waals surface area contributed by atoms with Gasteiger partial charge in [0.15, 0.2) is 0 Å². The van der Waals surface area contributed by atoms with E-state index < -0.39 is 6.10 Å². The number of nitrogens with zero attached hydrogens (tertiary/aromatic N) is 3. The second kappa shape index (κ2) is 8.28. The number of aliphatic hydroxyl groups is 1. The van der Waals surface area contributed by atoms with E-state index in [4.69, 9.17) is 0 Å². The molecule has 4 rings (SSSR count). The predicted molar refractivity (Wildman–Crippen MR) is 118 cm³/mol. The monoisotopic (exact) mass is 409 g/mol. The molecule has 1 N–H and O–H groups in total. The highest BCUT2D eigenvalue weighted by molar-refractivity contribution is 7.98. The summed E-state index contributed by atoms with van der Waals surface area (Å²) in [6.45, 7) is 4.12. The molecule has 0 radical (unpaired) electrons. The van der Waals surface area contributed by atoms with E-state index in [0.29, 0.717) is 5.39 Å². The lowest BCUT2D eigenvalue weighted by molar-refractivity contribution is 0.0735. The third kappa shape index (κ3) is 3.83. The first kappa shape index (κ1) is 20.1. The molecular weight excluding hydrogens is 382 g/mol. The van der Waals surface area contributed by atoms with Crippen molar-refractivity contribution < 1.29 is 5.11 Å². The van der Waals surface area contributed by atoms with Crippen LogP contribution in [0, 0.1) is 13.8 Å². The van der Waals surface area contributed by atoms with Crippen LogP contribution in [-0.2, 0) is 6.42 Å². The van der Waals surface area contributed by atoms with Gasteiger partial charge in [-0.1, -0.05) is 18.9 Å². The minimum Gasteiger partial charge on any atom is -0.391 e. The molecule has 1 fully saturated rings. The molecule has 2 aromatic heterocycles. The van der Waals surface area contributed by atoms with Crippen LogP contribution in [0.1, 0.15) is 54.0 Å². The Morgan fingerprint density at radius 1 is 1.17 bits per heavy atom. The number of thioether (sulfide) groups is 1. The maximum atomic E-state index is 13.3. The van der Waals surface area contributed by atoms with Crippen LogP contribution in [0.2, 0.25) is 0 Å². The first-order chi connectivity index (χ1) is 14.0. The number of aromatic nitrogens is 3. The smallest absolute Gasteiger partial charge is 0.261 e. The van der Waals surface area contributed by atoms with Gasteiger partial charge in [-0.05, 0) is 73.8 Å². The van der Waals surface area contributed by atoms with E-state index in [1.807, 2.05) is 31.5 Å². The van der Waals surface area contributed by atoms with Gasteiger partial charge in [0.25, 0.3) is 5.56 Å². The number of fused-ring (bicyclic) bond motifs is 1. The summed E-state index contributed by atoms with van der Waals surface area (Å²) >= 11 is 1.62. The molecule has 2 atom stereocenters. The van der Waals surface area contributed by atoms with E-state index in [1.165, 1.54) is 0 Å². The van der Waals surface area contributed by atoms with Crippen molar-refractivity contribution in [2.75, 3.05) is 6.26 Å². The van der Waals surface area contributed by atoms with Gasteiger partial charge in [-0.25, -0.2) is 9.97 Å². The lowest BCUT2D eigenvalue weighted by Crippen LogP contribution is -2.34. The molecule has 6 heteroatoms. The number of aliphatic hydroxyl groups excluding tert-OH is 1. The van der Waals surface area contributed by atoms with Crippen LogP contribution in [0.15, 0.2) is 40.5 Å². The predicted octanol–water partition coefficient (Wildman–Crippen LogP) is 4.20. The number of benzene rings is 1. The standard InChI is InChI=1S/C23H27N3O2S/c1-14-15(2)22-18(11-17(14)10-16-8-9-21(29-3)24-12-16)23(28)26(13-25-22)19-6-4-5-7-20(19)27/h8-9,11-13,19-20,27H,4-7,10H2,1-3H3/t19-,20-/m0/s1. The first-order valence-electron chi connectivity index (χ1n) is 10.2. The normalized spacial score (nSPS) is 19.6. The lowest BCUT2D eigenvalue weighted by atomic mass is 9.92. The summed E-state index contributed by atoms with van der Waals surface area (Å²) in [7, 11) is 0. The fourth-order valence-corrected chi connectivity index (χ4v) is 4.67. The van der Waals surface area contributed by atoms with Crippen molar-refractivity contribution in [1.82, 2.24) is 14.5 Å². The van der Waals surface area contributed by atoms with Gasteiger partial charge in [-0.15, -0.1) is 11.8 Å². The van der Waals surface area contributed by atoms with Crippen LogP contribution in [-0.4, -0.2) is 32.0 Å². The molecular formula is C23H27N3O2S. The Kier molecular flexibility index (Phi) is 5.74. The van der Waals surface area contributed by atoms with Gasteiger partial charge in [-0.2, -0.15) is 0 Å². The largest absolute Gasteiger partial charge is 0.391 e. The Morgan fingerprint density at radius 3 is 2.66 bits per heavy atom. The summed E-state index contributed by atoms with van der Waals surface area (Å²) in [5.74, 6) is 0. The zero-order valence-corrected chi connectivity index (χ0v) is 18.0. The summed E-state index contributed by atoms with van der Waals surface area (Å²) < 4.78 is 1.65. The van der Waals surface area contributed by atoms with Crippen molar-refractivity contribution >= 4 is 22.7 Å². The maximum absolute atomic E-state index is 13.3. The number of pyridine rings is 1. The van der Waals surface area contributed by atoms with Gasteiger partial charge in [0.1, 0.15) is 0 Å². The fourth-order valence-electron chi connectivity index (χ4n) is 4.30. The molecule has 152 valence electrons. The van der Waals surface area contributed by atoms with Gasteiger partial charge in [-0.3, -0.25) is 9.36 Å². The molecule has 1 aliphatic carbocycles. The van der Waals surface area contributed by atoms with Crippen LogP contribution >= 0.6 is 11.8 Å². The molecule has 3 aromatic rings. The van der Waals surface area contributed by atoms with Crippen molar-refractivity contribution in [3.63, 3.8) is 0 Å². The molecule has 29 heavy (non-hydrogen) atoms. The minimum atomic E-state index is -0.479. The van der Waals surface area contributed by atoms with Crippen molar-refractivity contribution in [3.8, 4) is 0 Å². The SMILES string of the molecule is CSc1ccc(Cc2cc3c(=O)n([C@H]4CCCC[C@@H]4O)cnc3c(C)c2C)cn1. The van der Waals surface area contributed by atoms with Gasteiger partial charge in [0.05, 0.1) is 34.4 Å². The van der Waals surface area contributed by atoms with Gasteiger partial charge in [0, 0.05) is 6.20 Å². The van der Waals surface area contributed by atoms with Crippen molar-refractivity contribution in [1.29, 1.82) is 0 Å². The highest BCUT2D eigenvalue weighted by atomic mass is 32.2. The zero-order chi connectivity index (χ0) is 20.5. The van der Waals surface area contributed by atoms with Crippen molar-refractivity contribution in [2.45, 2.75) is 63.1 Å². The maximum Gasteiger partial charge on any atom is 0.261 e. The highest BCUT2D eigenvalue weighted by Gasteiger charge is 2.26. The van der Waals surface area contributed by atoms with E-state index >= 15 is 0 Å². The molecule has 0 bridgehead atoms. The quantitative estimate of drug-likeness (QED) is 0.654. The van der Waals surface area contributed by atoms with Crippen LogP contribution in [0.25, 0.3) is 10.9 Å². The summed E-state index contributed by atoms with van der Waals surface area (Å²) in [6, 6.07) is 5.93. The summed E-state index contributed by atoms with van der Waals surface area (Å²) in [5.41, 5.74) is 5.15. The second-order valence-electron chi connectivity index (χ2n) is 7.94. The number of hydrogen-bond donors (Lipinski definition) is 1. The van der Waals surface area contributed by atoms with E-state index in [2.05, 4.69) is 23.0 Å². The van der Waals surface area contributed by atoms with Crippen LogP contribution < -0.4 is 5.56 Å². The summed E-state index contributed by atoms with van der Waals surface area (Å²) in [5, 5.41) is 12.0. The third-order valence-corrected chi connectivity index (χ3v) is 6.86. The van der Waals surface area contributed by atoms with E-state index in [1.54, 1.807) is 22.7 Å². The van der Waals surface area contributed by atoms with Crippen LogP contribution in [0.3, 0.4) is 0 Å². The average Bonchev–Trinajstić information content (AvgIpc) is 2.74. The topological polar surface area (TPSA) is 68.0 Å². The first-order valence-corrected chi connectivity index (χ1v) is 11.4. The molecule has 0 aliphatic heterocycles. The molecule has 1 saturated carbocycles. The molecule has 1 aromatic carbocycles. The number of rotatable bonds is 4. The van der Waals surface area contributed by atoms with Crippen molar-refractivity contribution in [2.24, 2.45) is 0 Å². The molecule has 2 heterocycles. The Labute approximate surface area is 175 Å². The van der Waals surface area contributed by atoms with Gasteiger partial charge < -0.3 is 5.11 Å². The molecule has 0 saturated heterocycles. The van der Waals surface area contributed by atoms with E-state index in [-0.39, 0.29) is 11.6 Å². The molecule has 0 amide bonds. The minimum absolute atomic E-state index is 0.0545. The molecule has 1 aliphatic rings. The summed E-state index contributed by atoms with van der Waals surface area (Å²) in [6.07, 6.45) is 9.40. The van der Waals surface area contributed by atoms with Gasteiger partial charge >= 0.3 is 0 Å². The van der Waals surface area contributed by atoms with Crippen LogP contribution in [0.4, 0.5) is 0 Å². The highest BCUT2D eigenvalue weighted by Crippen LogP contribution is 2.29. The second-order valence-corrected chi connectivity index (χ2v) is 8.77. The molecule has 5 nitrogen and oxygen atoms in total. The van der Waals surface area contributed by atoms with E-state index in [0.717, 1.165) is 64.9 Å². The number of hydrogen-bond acceptors (Lipinski definition) is 5. The average molecular weight is 410 g/mol. The van der Waals surface area contributed by atoms with Gasteiger partial charge in [0.2, 0.25) is 0 Å². The summed E-state index contributed by atoms with van der Waals surface area (Å²) in [4.78, 5) is 22.4. The fraction of sp³-hybridized carbons (Fsp3) is 0.435. The Balaban J connectivity index is 1.78. The molecule has 0 unspecified atom stereocenters. The van der Waals surface area contributed by atoms with Crippen LogP contribution in [0.5, 0.6) is 0 Å². The number of aryl methyl sites for hydroxylation is 1. The Bertz CT molecular complexity index is 1090. The Morgan fingerprint density at radius 2 is 1.97 bits per heavy atom. The zero-order valence-electron chi connectivity index (χ0n) is 17.2. The third-order valence-electron chi connectivity index (χ3n) is 6.20. The Hall–Kier alpha value is -2.18. The van der Waals surface area contributed by atoms with E-state index in [9.17, 15) is 9.90 Å².